The third kappa shape index (κ3) is 3.74. The van der Waals surface area contributed by atoms with Crippen LogP contribution in [0.15, 0.2) is 13.2 Å². The second kappa shape index (κ2) is 8.17. The van der Waals surface area contributed by atoms with Gasteiger partial charge in [-0.1, -0.05) is 13.2 Å². The van der Waals surface area contributed by atoms with E-state index in [0.29, 0.717) is 0 Å². The van der Waals surface area contributed by atoms with Gasteiger partial charge in [-0.25, -0.2) is 31.1 Å². The summed E-state index contributed by atoms with van der Waals surface area (Å²) in [5, 5.41) is 0. The third-order valence-electron chi connectivity index (χ3n) is 3.67. The molecule has 0 amide bonds. The fourth-order valence-corrected chi connectivity index (χ4v) is 2.36. The molecule has 2 rings (SSSR count). The minimum atomic E-state index is -2.35. The summed E-state index contributed by atoms with van der Waals surface area (Å²) in [4.78, 5) is 11.9. The molecule has 0 aliphatic rings. The Morgan fingerprint density at radius 3 is 1.10 bits per heavy atom. The van der Waals surface area contributed by atoms with Gasteiger partial charge in [-0.2, -0.15) is 8.78 Å². The number of halogens is 8. The van der Waals surface area contributed by atoms with Crippen molar-refractivity contribution >= 4 is 17.3 Å². The first-order valence-corrected chi connectivity index (χ1v) is 7.74. The van der Waals surface area contributed by atoms with Crippen molar-refractivity contribution in [2.45, 2.75) is 13.8 Å². The van der Waals surface area contributed by atoms with Crippen LogP contribution in [0.1, 0.15) is 25.0 Å². The van der Waals surface area contributed by atoms with Gasteiger partial charge in [-0.3, -0.25) is 0 Å². The number of benzene rings is 2. The number of rotatable bonds is 4. The van der Waals surface area contributed by atoms with E-state index in [0.717, 1.165) is 13.8 Å². The molecule has 11 heteroatoms. The van der Waals surface area contributed by atoms with Gasteiger partial charge in [-0.15, -0.1) is 0 Å². The van der Waals surface area contributed by atoms with E-state index in [9.17, 15) is 39.9 Å². The lowest BCUT2D eigenvalue weighted by Gasteiger charge is -2.15. The van der Waals surface area contributed by atoms with Crippen LogP contribution in [0.3, 0.4) is 0 Å². The summed E-state index contributed by atoms with van der Waals surface area (Å²) < 4.78 is 118. The highest BCUT2D eigenvalue weighted by molar-refractivity contribution is 5.76. The maximum atomic E-state index is 14.0. The molecule has 3 nitrogen and oxygen atoms in total. The summed E-state index contributed by atoms with van der Waals surface area (Å²) in [6.07, 6.45) is -2.14. The molecule has 0 radical (unpaired) electrons. The molecule has 0 heterocycles. The monoisotopic (exact) mass is 438 g/mol. The molecule has 30 heavy (non-hydrogen) atoms. The molecule has 0 saturated carbocycles. The first-order chi connectivity index (χ1) is 13.8. The predicted molar refractivity (Wildman–Crippen MR) is 88.6 cm³/mol. The van der Waals surface area contributed by atoms with Crippen LogP contribution in [0.4, 0.5) is 39.9 Å². The van der Waals surface area contributed by atoms with E-state index in [1.165, 1.54) is 0 Å². The lowest BCUT2D eigenvalue weighted by Crippen LogP contribution is -2.19. The van der Waals surface area contributed by atoms with Crippen LogP contribution < -0.4 is 9.47 Å². The smallest absolute Gasteiger partial charge is 0.391 e. The summed E-state index contributed by atoms with van der Waals surface area (Å²) >= 11 is 0. The standard InChI is InChI=1S/C19H10F8O3/c1-5(2)7-9(20)11(22)13(24)15(26)17(7)29-19(28)30-18-8(6(3)4)10(21)12(23)14(25)16(18)27/h1,3H2,2,4H3. The molecule has 0 N–H and O–H groups in total. The van der Waals surface area contributed by atoms with Crippen LogP contribution in [-0.2, 0) is 0 Å². The minimum absolute atomic E-state index is 0.416. The summed E-state index contributed by atoms with van der Waals surface area (Å²) in [6, 6.07) is 0. The van der Waals surface area contributed by atoms with Gasteiger partial charge in [-0.05, 0) is 25.0 Å². The van der Waals surface area contributed by atoms with Crippen LogP contribution in [0.5, 0.6) is 11.5 Å². The van der Waals surface area contributed by atoms with Gasteiger partial charge in [0, 0.05) is 0 Å². The van der Waals surface area contributed by atoms with Crippen molar-refractivity contribution in [2.24, 2.45) is 0 Å². The molecule has 0 aliphatic carbocycles. The second-order valence-corrected chi connectivity index (χ2v) is 5.93. The zero-order chi connectivity index (χ0) is 23.1. The quantitative estimate of drug-likeness (QED) is 0.181. The molecule has 0 atom stereocenters. The minimum Gasteiger partial charge on any atom is -0.391 e. The lowest BCUT2D eigenvalue weighted by molar-refractivity contribution is 0.145. The molecule has 0 unspecified atom stereocenters. The summed E-state index contributed by atoms with van der Waals surface area (Å²) in [7, 11) is 0. The van der Waals surface area contributed by atoms with Gasteiger partial charge >= 0.3 is 6.16 Å². The molecule has 0 saturated heterocycles. The van der Waals surface area contributed by atoms with Crippen molar-refractivity contribution in [3.63, 3.8) is 0 Å². The molecular weight excluding hydrogens is 428 g/mol. The average Bonchev–Trinajstić information content (AvgIpc) is 2.66. The summed E-state index contributed by atoms with van der Waals surface area (Å²) in [5.41, 5.74) is -3.03. The molecule has 2 aromatic carbocycles. The molecule has 0 aliphatic heterocycles. The Hall–Kier alpha value is -3.37. The zero-order valence-electron chi connectivity index (χ0n) is 15.2. The lowest BCUT2D eigenvalue weighted by atomic mass is 10.1. The van der Waals surface area contributed by atoms with Gasteiger partial charge in [0.05, 0.1) is 11.1 Å². The topological polar surface area (TPSA) is 35.5 Å². The van der Waals surface area contributed by atoms with Gasteiger partial charge in [0.2, 0.25) is 23.3 Å². The maximum absolute atomic E-state index is 14.0. The first-order valence-electron chi connectivity index (χ1n) is 7.74. The van der Waals surface area contributed by atoms with Gasteiger partial charge in [0.25, 0.3) is 0 Å². The summed E-state index contributed by atoms with van der Waals surface area (Å²) in [6.45, 7) is 8.44. The molecule has 2 aromatic rings. The van der Waals surface area contributed by atoms with Crippen molar-refractivity contribution in [1.29, 1.82) is 0 Å². The van der Waals surface area contributed by atoms with E-state index in [-0.39, 0.29) is 0 Å². The fraction of sp³-hybridized carbons (Fsp3) is 0.105. The van der Waals surface area contributed by atoms with Crippen LogP contribution in [-0.4, -0.2) is 6.16 Å². The Kier molecular flexibility index (Phi) is 6.24. The Morgan fingerprint density at radius 2 is 0.833 bits per heavy atom. The number of ether oxygens (including phenoxy) is 2. The van der Waals surface area contributed by atoms with Gasteiger partial charge < -0.3 is 9.47 Å². The van der Waals surface area contributed by atoms with Gasteiger partial charge in [0.15, 0.2) is 34.8 Å². The van der Waals surface area contributed by atoms with Crippen LogP contribution in [0.2, 0.25) is 0 Å². The largest absolute Gasteiger partial charge is 0.519 e. The molecule has 160 valence electrons. The third-order valence-corrected chi connectivity index (χ3v) is 3.67. The van der Waals surface area contributed by atoms with Crippen LogP contribution in [0.25, 0.3) is 11.1 Å². The number of carbonyl (C=O) groups excluding carboxylic acids is 1. The van der Waals surface area contributed by atoms with Crippen molar-refractivity contribution in [3.05, 3.63) is 70.8 Å². The van der Waals surface area contributed by atoms with Crippen molar-refractivity contribution in [2.75, 3.05) is 0 Å². The van der Waals surface area contributed by atoms with E-state index >= 15 is 0 Å². The van der Waals surface area contributed by atoms with E-state index < -0.39 is 86.5 Å². The van der Waals surface area contributed by atoms with E-state index in [1.54, 1.807) is 0 Å². The van der Waals surface area contributed by atoms with E-state index in [2.05, 4.69) is 22.6 Å². The SMILES string of the molecule is C=C(C)c1c(F)c(F)c(F)c(F)c1OC(=O)Oc1c(F)c(F)c(F)c(F)c1C(=C)C. The average molecular weight is 438 g/mol. The maximum Gasteiger partial charge on any atom is 0.519 e. The number of hydrogen-bond donors (Lipinski definition) is 0. The highest BCUT2D eigenvalue weighted by atomic mass is 19.2. The first kappa shape index (κ1) is 22.9. The van der Waals surface area contributed by atoms with Crippen molar-refractivity contribution < 1.29 is 49.4 Å². The van der Waals surface area contributed by atoms with Crippen molar-refractivity contribution in [1.82, 2.24) is 0 Å². The molecular formula is C19H10F8O3. The Labute approximate surface area is 163 Å². The zero-order valence-corrected chi connectivity index (χ0v) is 15.2. The predicted octanol–water partition coefficient (Wildman–Crippen LogP) is 6.44. The normalized spacial score (nSPS) is 10.7. The molecule has 0 bridgehead atoms. The Morgan fingerprint density at radius 1 is 0.567 bits per heavy atom. The number of hydrogen-bond acceptors (Lipinski definition) is 3. The Balaban J connectivity index is 2.58. The molecule has 0 aromatic heterocycles. The Bertz CT molecular complexity index is 1020. The number of carbonyl (C=O) groups is 1. The van der Waals surface area contributed by atoms with Crippen LogP contribution in [0, 0.1) is 46.5 Å². The number of allylic oxidation sites excluding steroid dienone is 2. The molecule has 0 fully saturated rings. The fourth-order valence-electron chi connectivity index (χ4n) is 2.36. The van der Waals surface area contributed by atoms with E-state index in [4.69, 9.17) is 0 Å². The van der Waals surface area contributed by atoms with Crippen molar-refractivity contribution in [3.8, 4) is 11.5 Å². The van der Waals surface area contributed by atoms with Crippen LogP contribution >= 0.6 is 0 Å². The van der Waals surface area contributed by atoms with Gasteiger partial charge in [0.1, 0.15) is 0 Å². The highest BCUT2D eigenvalue weighted by Gasteiger charge is 2.32. The second-order valence-electron chi connectivity index (χ2n) is 5.93. The molecule has 0 spiro atoms. The summed E-state index contributed by atoms with van der Waals surface area (Å²) in [5.74, 6) is -20.5. The van der Waals surface area contributed by atoms with E-state index in [1.807, 2.05) is 0 Å². The highest BCUT2D eigenvalue weighted by Crippen LogP contribution is 2.37.